The van der Waals surface area contributed by atoms with E-state index in [1.54, 1.807) is 7.05 Å². The number of carbonyl (C=O) groups is 1. The summed E-state index contributed by atoms with van der Waals surface area (Å²) in [6.45, 7) is 3.31. The van der Waals surface area contributed by atoms with Gasteiger partial charge in [0.05, 0.1) is 6.54 Å². The molecule has 94 valence electrons. The maximum Gasteiger partial charge on any atom is 0.239 e. The smallest absolute Gasteiger partial charge is 0.239 e. The molecule has 5 nitrogen and oxygen atoms in total. The molecule has 0 aliphatic carbocycles. The lowest BCUT2D eigenvalue weighted by Gasteiger charge is -2.17. The minimum atomic E-state index is -0.0266. The van der Waals surface area contributed by atoms with Crippen molar-refractivity contribution < 1.29 is 4.79 Å². The predicted molar refractivity (Wildman–Crippen MR) is 70.4 cm³/mol. The van der Waals surface area contributed by atoms with Crippen molar-refractivity contribution in [2.75, 3.05) is 37.4 Å². The number of hydrogen-bond acceptors (Lipinski definition) is 4. The first-order chi connectivity index (χ1) is 8.17. The summed E-state index contributed by atoms with van der Waals surface area (Å²) in [7, 11) is 3.48. The van der Waals surface area contributed by atoms with Gasteiger partial charge in [0.1, 0.15) is 11.6 Å². The molecule has 1 rings (SSSR count). The number of aromatic nitrogens is 1. The zero-order valence-corrected chi connectivity index (χ0v) is 10.7. The van der Waals surface area contributed by atoms with E-state index in [9.17, 15) is 4.79 Å². The van der Waals surface area contributed by atoms with E-state index in [1.165, 1.54) is 0 Å². The highest BCUT2D eigenvalue weighted by atomic mass is 16.1. The number of nitrogens with zero attached hydrogens (tertiary/aromatic N) is 2. The number of likely N-dealkylation sites (N-methyl/N-ethyl adjacent to an activating group) is 2. The van der Waals surface area contributed by atoms with E-state index < -0.39 is 0 Å². The van der Waals surface area contributed by atoms with Gasteiger partial charge in [-0.15, -0.1) is 0 Å². The number of pyridine rings is 1. The van der Waals surface area contributed by atoms with Crippen LogP contribution >= 0.6 is 0 Å². The minimum absolute atomic E-state index is 0.0266. The molecule has 5 heteroatoms. The molecule has 0 spiro atoms. The molecule has 2 N–H and O–H groups in total. The average molecular weight is 236 g/mol. The van der Waals surface area contributed by atoms with Crippen LogP contribution in [0.5, 0.6) is 0 Å². The molecule has 0 aliphatic rings. The van der Waals surface area contributed by atoms with Crippen LogP contribution in [0.25, 0.3) is 0 Å². The molecule has 0 bridgehead atoms. The fraction of sp³-hybridized carbons (Fsp3) is 0.500. The summed E-state index contributed by atoms with van der Waals surface area (Å²) in [6, 6.07) is 5.74. The van der Waals surface area contributed by atoms with Crippen LogP contribution in [-0.4, -0.2) is 38.1 Å². The molecule has 0 fully saturated rings. The Labute approximate surface area is 102 Å². The van der Waals surface area contributed by atoms with Crippen LogP contribution in [-0.2, 0) is 4.79 Å². The third kappa shape index (κ3) is 4.30. The molecular formula is C12H20N4O. The lowest BCUT2D eigenvalue weighted by atomic mass is 10.4. The van der Waals surface area contributed by atoms with Crippen molar-refractivity contribution in [2.24, 2.45) is 0 Å². The van der Waals surface area contributed by atoms with Gasteiger partial charge in [-0.1, -0.05) is 13.0 Å². The standard InChI is InChI=1S/C12H20N4O/c1-4-8-14-10-6-5-7-11(15-10)16(3)9-12(17)13-2/h5-7H,4,8-9H2,1-3H3,(H,13,17)(H,14,15). The first kappa shape index (κ1) is 13.3. The van der Waals surface area contributed by atoms with Gasteiger partial charge in [0.15, 0.2) is 0 Å². The SMILES string of the molecule is CCCNc1cccc(N(C)CC(=O)NC)n1. The van der Waals surface area contributed by atoms with Gasteiger partial charge in [0, 0.05) is 20.6 Å². The van der Waals surface area contributed by atoms with E-state index >= 15 is 0 Å². The summed E-state index contributed by atoms with van der Waals surface area (Å²) in [5.41, 5.74) is 0. The molecule has 1 aromatic rings. The third-order valence-electron chi connectivity index (χ3n) is 2.34. The number of rotatable bonds is 6. The van der Waals surface area contributed by atoms with E-state index in [4.69, 9.17) is 0 Å². The van der Waals surface area contributed by atoms with E-state index in [0.29, 0.717) is 6.54 Å². The molecular weight excluding hydrogens is 216 g/mol. The zero-order chi connectivity index (χ0) is 12.7. The van der Waals surface area contributed by atoms with Crippen LogP contribution in [0.15, 0.2) is 18.2 Å². The van der Waals surface area contributed by atoms with Gasteiger partial charge in [-0.2, -0.15) is 0 Å². The molecule has 0 aromatic carbocycles. The van der Waals surface area contributed by atoms with Crippen molar-refractivity contribution in [3.05, 3.63) is 18.2 Å². The Bertz CT molecular complexity index is 367. The Morgan fingerprint density at radius 1 is 1.47 bits per heavy atom. The first-order valence-corrected chi connectivity index (χ1v) is 5.80. The maximum atomic E-state index is 11.3. The van der Waals surface area contributed by atoms with Gasteiger partial charge in [-0.3, -0.25) is 4.79 Å². The number of anilines is 2. The number of carbonyl (C=O) groups excluding carboxylic acids is 1. The molecule has 0 saturated heterocycles. The quantitative estimate of drug-likeness (QED) is 0.776. The van der Waals surface area contributed by atoms with Crippen molar-refractivity contribution in [3.63, 3.8) is 0 Å². The van der Waals surface area contributed by atoms with E-state index in [1.807, 2.05) is 30.1 Å². The predicted octanol–water partition coefficient (Wildman–Crippen LogP) is 1.09. The van der Waals surface area contributed by atoms with Crippen molar-refractivity contribution in [1.29, 1.82) is 0 Å². The Kier molecular flexibility index (Phi) is 5.26. The Morgan fingerprint density at radius 3 is 2.88 bits per heavy atom. The maximum absolute atomic E-state index is 11.3. The van der Waals surface area contributed by atoms with Gasteiger partial charge < -0.3 is 15.5 Å². The summed E-state index contributed by atoms with van der Waals surface area (Å²) in [4.78, 5) is 17.5. The fourth-order valence-electron chi connectivity index (χ4n) is 1.36. The lowest BCUT2D eigenvalue weighted by Crippen LogP contribution is -2.33. The summed E-state index contributed by atoms with van der Waals surface area (Å²) >= 11 is 0. The molecule has 0 radical (unpaired) electrons. The van der Waals surface area contributed by atoms with Crippen LogP contribution in [0, 0.1) is 0 Å². The van der Waals surface area contributed by atoms with Crippen LogP contribution in [0.2, 0.25) is 0 Å². The second-order valence-electron chi connectivity index (χ2n) is 3.84. The average Bonchev–Trinajstić information content (AvgIpc) is 2.36. The molecule has 1 heterocycles. The Balaban J connectivity index is 2.66. The molecule has 1 amide bonds. The van der Waals surface area contributed by atoms with Gasteiger partial charge in [0.2, 0.25) is 5.91 Å². The first-order valence-electron chi connectivity index (χ1n) is 5.80. The summed E-state index contributed by atoms with van der Waals surface area (Å²) < 4.78 is 0. The molecule has 0 atom stereocenters. The molecule has 0 unspecified atom stereocenters. The van der Waals surface area contributed by atoms with Crippen molar-refractivity contribution in [1.82, 2.24) is 10.3 Å². The van der Waals surface area contributed by atoms with Crippen LogP contribution in [0.1, 0.15) is 13.3 Å². The number of amides is 1. The van der Waals surface area contributed by atoms with Crippen molar-refractivity contribution >= 4 is 17.5 Å². The largest absolute Gasteiger partial charge is 0.370 e. The lowest BCUT2D eigenvalue weighted by molar-refractivity contribution is -0.119. The summed E-state index contributed by atoms with van der Waals surface area (Å²) in [6.07, 6.45) is 1.06. The van der Waals surface area contributed by atoms with Crippen LogP contribution < -0.4 is 15.5 Å². The molecule has 0 saturated carbocycles. The minimum Gasteiger partial charge on any atom is -0.370 e. The second kappa shape index (κ2) is 6.73. The number of hydrogen-bond donors (Lipinski definition) is 2. The van der Waals surface area contributed by atoms with Crippen molar-refractivity contribution in [2.45, 2.75) is 13.3 Å². The topological polar surface area (TPSA) is 57.3 Å². The third-order valence-corrected chi connectivity index (χ3v) is 2.34. The number of nitrogens with one attached hydrogen (secondary N) is 2. The highest BCUT2D eigenvalue weighted by Crippen LogP contribution is 2.12. The highest BCUT2D eigenvalue weighted by molar-refractivity contribution is 5.80. The van der Waals surface area contributed by atoms with Gasteiger partial charge in [-0.25, -0.2) is 4.98 Å². The monoisotopic (exact) mass is 236 g/mol. The van der Waals surface area contributed by atoms with Crippen LogP contribution in [0.4, 0.5) is 11.6 Å². The fourth-order valence-corrected chi connectivity index (χ4v) is 1.36. The van der Waals surface area contributed by atoms with E-state index in [-0.39, 0.29) is 5.91 Å². The zero-order valence-electron chi connectivity index (χ0n) is 10.7. The summed E-state index contributed by atoms with van der Waals surface area (Å²) in [5.74, 6) is 1.60. The molecule has 1 aromatic heterocycles. The van der Waals surface area contributed by atoms with Gasteiger partial charge in [0.25, 0.3) is 0 Å². The molecule has 17 heavy (non-hydrogen) atoms. The van der Waals surface area contributed by atoms with E-state index in [2.05, 4.69) is 22.5 Å². The normalized spacial score (nSPS) is 9.82. The van der Waals surface area contributed by atoms with Gasteiger partial charge in [-0.05, 0) is 18.6 Å². The highest BCUT2D eigenvalue weighted by Gasteiger charge is 2.07. The summed E-state index contributed by atoms with van der Waals surface area (Å²) in [5, 5.41) is 5.81. The van der Waals surface area contributed by atoms with Crippen molar-refractivity contribution in [3.8, 4) is 0 Å². The second-order valence-corrected chi connectivity index (χ2v) is 3.84. The Hall–Kier alpha value is -1.78. The Morgan fingerprint density at radius 2 is 2.24 bits per heavy atom. The van der Waals surface area contributed by atoms with Crippen LogP contribution in [0.3, 0.4) is 0 Å². The van der Waals surface area contributed by atoms with Gasteiger partial charge >= 0.3 is 0 Å². The molecule has 0 aliphatic heterocycles. The van der Waals surface area contributed by atoms with E-state index in [0.717, 1.165) is 24.6 Å².